The summed E-state index contributed by atoms with van der Waals surface area (Å²) in [6, 6.07) is 11.0. The Morgan fingerprint density at radius 1 is 1.28 bits per heavy atom. The molecule has 0 unspecified atom stereocenters. The molecular formula is C13H12IN3O. The molecule has 2 rings (SSSR count). The summed E-state index contributed by atoms with van der Waals surface area (Å²) >= 11 is 2.22. The predicted octanol–water partition coefficient (Wildman–Crippen LogP) is 2.40. The minimum absolute atomic E-state index is 0.159. The summed E-state index contributed by atoms with van der Waals surface area (Å²) in [5.74, 6) is -0.159. The minimum atomic E-state index is -0.159. The van der Waals surface area contributed by atoms with Crippen molar-refractivity contribution in [2.24, 2.45) is 5.73 Å². The Kier molecular flexibility index (Phi) is 4.27. The van der Waals surface area contributed by atoms with Gasteiger partial charge in [0.2, 0.25) is 0 Å². The van der Waals surface area contributed by atoms with Gasteiger partial charge in [0.15, 0.2) is 0 Å². The van der Waals surface area contributed by atoms with Gasteiger partial charge in [-0.3, -0.25) is 9.78 Å². The van der Waals surface area contributed by atoms with Crippen molar-refractivity contribution in [2.75, 3.05) is 5.32 Å². The van der Waals surface area contributed by atoms with Crippen LogP contribution in [0.3, 0.4) is 0 Å². The fourth-order valence-corrected chi connectivity index (χ4v) is 1.83. The summed E-state index contributed by atoms with van der Waals surface area (Å²) < 4.78 is 1.12. The summed E-state index contributed by atoms with van der Waals surface area (Å²) in [4.78, 5) is 16.0. The lowest BCUT2D eigenvalue weighted by Crippen LogP contribution is -2.13. The number of hydrogen-bond acceptors (Lipinski definition) is 3. The van der Waals surface area contributed by atoms with Crippen LogP contribution in [0.5, 0.6) is 0 Å². The first-order valence-corrected chi connectivity index (χ1v) is 6.49. The van der Waals surface area contributed by atoms with E-state index < -0.39 is 0 Å². The number of halogens is 1. The van der Waals surface area contributed by atoms with Gasteiger partial charge in [0.05, 0.1) is 5.69 Å². The molecule has 1 aromatic heterocycles. The topological polar surface area (TPSA) is 68.0 Å². The van der Waals surface area contributed by atoms with Crippen LogP contribution in [0.4, 0.5) is 5.69 Å². The second kappa shape index (κ2) is 5.92. The van der Waals surface area contributed by atoms with E-state index >= 15 is 0 Å². The molecule has 3 N–H and O–H groups in total. The molecule has 18 heavy (non-hydrogen) atoms. The van der Waals surface area contributed by atoms with E-state index in [0.717, 1.165) is 9.26 Å². The number of nitrogens with zero attached hydrogens (tertiary/aromatic N) is 1. The molecule has 2 aromatic rings. The van der Waals surface area contributed by atoms with Crippen LogP contribution >= 0.6 is 22.6 Å². The lowest BCUT2D eigenvalue weighted by atomic mass is 10.2. The van der Waals surface area contributed by atoms with Gasteiger partial charge in [0.25, 0.3) is 5.91 Å². The van der Waals surface area contributed by atoms with Crippen molar-refractivity contribution < 1.29 is 4.79 Å². The first-order chi connectivity index (χ1) is 8.69. The molecule has 0 aliphatic carbocycles. The standard InChI is InChI=1S/C13H12IN3O/c14-10-1-3-11(4-2-10)17-13(18)9-5-6-16-12(7-9)8-15/h1-7H,8,15H2,(H,17,18). The fraction of sp³-hybridized carbons (Fsp3) is 0.0769. The monoisotopic (exact) mass is 353 g/mol. The van der Waals surface area contributed by atoms with E-state index in [0.29, 0.717) is 17.8 Å². The third-order valence-electron chi connectivity index (χ3n) is 2.39. The average Bonchev–Trinajstić information content (AvgIpc) is 2.41. The van der Waals surface area contributed by atoms with E-state index in [2.05, 4.69) is 32.9 Å². The highest BCUT2D eigenvalue weighted by Crippen LogP contribution is 2.12. The van der Waals surface area contributed by atoms with Gasteiger partial charge >= 0.3 is 0 Å². The van der Waals surface area contributed by atoms with Crippen molar-refractivity contribution in [3.63, 3.8) is 0 Å². The van der Waals surface area contributed by atoms with Crippen LogP contribution in [0.15, 0.2) is 42.6 Å². The average molecular weight is 353 g/mol. The molecule has 0 aliphatic heterocycles. The van der Waals surface area contributed by atoms with Gasteiger partial charge in [-0.15, -0.1) is 0 Å². The Balaban J connectivity index is 2.14. The smallest absolute Gasteiger partial charge is 0.255 e. The molecule has 0 fully saturated rings. The largest absolute Gasteiger partial charge is 0.325 e. The van der Waals surface area contributed by atoms with Crippen molar-refractivity contribution in [1.29, 1.82) is 0 Å². The molecule has 1 heterocycles. The van der Waals surface area contributed by atoms with Crippen molar-refractivity contribution in [3.8, 4) is 0 Å². The highest BCUT2D eigenvalue weighted by molar-refractivity contribution is 14.1. The fourth-order valence-electron chi connectivity index (χ4n) is 1.47. The van der Waals surface area contributed by atoms with Crippen molar-refractivity contribution in [1.82, 2.24) is 4.98 Å². The molecule has 0 radical (unpaired) electrons. The molecular weight excluding hydrogens is 341 g/mol. The first kappa shape index (κ1) is 13.0. The highest BCUT2D eigenvalue weighted by Gasteiger charge is 2.06. The number of carbonyl (C=O) groups is 1. The van der Waals surface area contributed by atoms with Crippen LogP contribution in [-0.2, 0) is 6.54 Å². The van der Waals surface area contributed by atoms with E-state index in [1.165, 1.54) is 0 Å². The van der Waals surface area contributed by atoms with Crippen LogP contribution in [0, 0.1) is 3.57 Å². The summed E-state index contributed by atoms with van der Waals surface area (Å²) in [7, 11) is 0. The molecule has 0 atom stereocenters. The third-order valence-corrected chi connectivity index (χ3v) is 3.11. The maximum absolute atomic E-state index is 12.0. The number of amides is 1. The number of nitrogens with one attached hydrogen (secondary N) is 1. The second-order valence-corrected chi connectivity index (χ2v) is 4.95. The normalized spacial score (nSPS) is 10.1. The van der Waals surface area contributed by atoms with E-state index in [1.807, 2.05) is 24.3 Å². The van der Waals surface area contributed by atoms with Crippen molar-refractivity contribution >= 4 is 34.2 Å². The van der Waals surface area contributed by atoms with Crippen LogP contribution < -0.4 is 11.1 Å². The van der Waals surface area contributed by atoms with Gasteiger partial charge in [-0.05, 0) is 59.0 Å². The molecule has 1 amide bonds. The van der Waals surface area contributed by atoms with Crippen molar-refractivity contribution in [3.05, 3.63) is 57.4 Å². The summed E-state index contributed by atoms with van der Waals surface area (Å²) in [5, 5.41) is 2.83. The Morgan fingerprint density at radius 2 is 2.00 bits per heavy atom. The van der Waals surface area contributed by atoms with Crippen LogP contribution in [0.2, 0.25) is 0 Å². The first-order valence-electron chi connectivity index (χ1n) is 5.41. The SMILES string of the molecule is NCc1cc(C(=O)Nc2ccc(I)cc2)ccn1. The Bertz CT molecular complexity index is 554. The number of aromatic nitrogens is 1. The number of hydrogen-bond donors (Lipinski definition) is 2. The van der Waals surface area contributed by atoms with E-state index in [1.54, 1.807) is 18.3 Å². The molecule has 1 aromatic carbocycles. The van der Waals surface area contributed by atoms with Gasteiger partial charge in [-0.2, -0.15) is 0 Å². The molecule has 0 aliphatic rings. The summed E-state index contributed by atoms with van der Waals surface area (Å²) in [6.07, 6.45) is 1.59. The van der Waals surface area contributed by atoms with E-state index in [-0.39, 0.29) is 5.91 Å². The van der Waals surface area contributed by atoms with Crippen molar-refractivity contribution in [2.45, 2.75) is 6.54 Å². The number of benzene rings is 1. The molecule has 5 heteroatoms. The Hall–Kier alpha value is -1.47. The Labute approximate surface area is 119 Å². The lowest BCUT2D eigenvalue weighted by Gasteiger charge is -2.06. The zero-order chi connectivity index (χ0) is 13.0. The minimum Gasteiger partial charge on any atom is -0.325 e. The molecule has 4 nitrogen and oxygen atoms in total. The maximum Gasteiger partial charge on any atom is 0.255 e. The van der Waals surface area contributed by atoms with E-state index in [4.69, 9.17) is 5.73 Å². The lowest BCUT2D eigenvalue weighted by molar-refractivity contribution is 0.102. The molecule has 0 saturated heterocycles. The van der Waals surface area contributed by atoms with E-state index in [9.17, 15) is 4.79 Å². The van der Waals surface area contributed by atoms with Gasteiger partial charge in [-0.1, -0.05) is 0 Å². The quantitative estimate of drug-likeness (QED) is 0.833. The maximum atomic E-state index is 12.0. The second-order valence-electron chi connectivity index (χ2n) is 3.70. The van der Waals surface area contributed by atoms with Gasteiger partial charge in [0.1, 0.15) is 0 Å². The zero-order valence-electron chi connectivity index (χ0n) is 9.56. The predicted molar refractivity (Wildman–Crippen MR) is 79.2 cm³/mol. The molecule has 0 bridgehead atoms. The number of nitrogens with two attached hydrogens (primary N) is 1. The summed E-state index contributed by atoms with van der Waals surface area (Å²) in [5.41, 5.74) is 7.52. The molecule has 0 saturated carbocycles. The van der Waals surface area contributed by atoms with Gasteiger partial charge < -0.3 is 11.1 Å². The van der Waals surface area contributed by atoms with Gasteiger partial charge in [0, 0.05) is 27.6 Å². The number of anilines is 1. The highest BCUT2D eigenvalue weighted by atomic mass is 127. The Morgan fingerprint density at radius 3 is 2.67 bits per heavy atom. The molecule has 92 valence electrons. The number of pyridine rings is 1. The number of carbonyl (C=O) groups excluding carboxylic acids is 1. The summed E-state index contributed by atoms with van der Waals surface area (Å²) in [6.45, 7) is 0.324. The van der Waals surface area contributed by atoms with Gasteiger partial charge in [-0.25, -0.2) is 0 Å². The van der Waals surface area contributed by atoms with Crippen LogP contribution in [0.25, 0.3) is 0 Å². The third kappa shape index (κ3) is 3.27. The van der Waals surface area contributed by atoms with Crippen LogP contribution in [-0.4, -0.2) is 10.9 Å². The number of rotatable bonds is 3. The molecule has 0 spiro atoms. The van der Waals surface area contributed by atoms with Crippen LogP contribution in [0.1, 0.15) is 16.1 Å². The zero-order valence-corrected chi connectivity index (χ0v) is 11.7.